The number of fused-ring (bicyclic) bond motifs is 2. The topological polar surface area (TPSA) is 265 Å². The maximum Gasteiger partial charge on any atom is 2.00 e. The summed E-state index contributed by atoms with van der Waals surface area (Å²) >= 11 is 0. The summed E-state index contributed by atoms with van der Waals surface area (Å²) in [7, 11) is 0. The number of benzene rings is 4. The Balaban J connectivity index is 0.000000380. The van der Waals surface area contributed by atoms with Crippen LogP contribution in [0.5, 0.6) is 11.5 Å². The van der Waals surface area contributed by atoms with Gasteiger partial charge in [0.15, 0.2) is 11.2 Å². The van der Waals surface area contributed by atoms with Crippen molar-refractivity contribution in [3.8, 4) is 34.4 Å². The minimum atomic E-state index is -1.75. The van der Waals surface area contributed by atoms with E-state index in [-0.39, 0.29) is 73.4 Å². The smallest absolute Gasteiger partial charge is 0.871 e. The van der Waals surface area contributed by atoms with E-state index in [1.165, 1.54) is 0 Å². The van der Waals surface area contributed by atoms with Crippen molar-refractivity contribution in [2.75, 3.05) is 0 Å². The monoisotopic (exact) mass is 756 g/mol. The minimum Gasteiger partial charge on any atom is -0.871 e. The van der Waals surface area contributed by atoms with E-state index in [2.05, 4.69) is 9.97 Å². The van der Waals surface area contributed by atoms with Gasteiger partial charge in [-0.25, -0.2) is 9.97 Å². The van der Waals surface area contributed by atoms with E-state index in [9.17, 15) is 19.8 Å². The molecule has 0 unspecified atom stereocenters. The summed E-state index contributed by atoms with van der Waals surface area (Å²) < 4.78 is 11.1. The molecule has 0 aliphatic heterocycles. The fraction of sp³-hybridized carbons (Fsp3) is 0.0667. The molecule has 0 saturated heterocycles. The first kappa shape index (κ1) is 40.4. The second kappa shape index (κ2) is 18.5. The fourth-order valence-corrected chi connectivity index (χ4v) is 4.07. The van der Waals surface area contributed by atoms with Crippen molar-refractivity contribution in [2.45, 2.75) is 13.8 Å². The van der Waals surface area contributed by atoms with Crippen molar-refractivity contribution in [2.24, 2.45) is 0 Å². The number of carbonyl (C=O) groups is 2. The summed E-state index contributed by atoms with van der Waals surface area (Å²) in [5, 5.41) is 53.7. The minimum absolute atomic E-state index is 0. The summed E-state index contributed by atoms with van der Waals surface area (Å²) in [6.45, 7) is 3.64. The number of carbonyl (C=O) groups excluding carboxylic acids is 2. The molecule has 6 aromatic rings. The number of nitrogens with zero attached hydrogens (tertiary/aromatic N) is 4. The van der Waals surface area contributed by atoms with Crippen molar-refractivity contribution in [1.82, 2.24) is 9.97 Å². The van der Waals surface area contributed by atoms with Gasteiger partial charge in [0.05, 0.1) is 10.2 Å². The molecule has 236 valence electrons. The molecule has 48 heavy (non-hydrogen) atoms. The SMILES string of the molecule is Cc1cc(C=O)c([O-])c(-c2nc3ccccc3o2)c1.Cc1cc(C=O)c([O-])c(-c2nc3ccccc3o2)c1.O=[N+]([O-])[O-].O=[N+]([O-])[O-].[Zn+2].[Zn+2]. The summed E-state index contributed by atoms with van der Waals surface area (Å²) in [6, 6.07) is 21.0. The molecule has 0 saturated carbocycles. The van der Waals surface area contributed by atoms with Gasteiger partial charge in [0, 0.05) is 22.3 Å². The first-order chi connectivity index (χ1) is 21.8. The molecule has 18 heteroatoms. The maximum absolute atomic E-state index is 12.1. The molecule has 0 spiro atoms. The van der Waals surface area contributed by atoms with Crippen LogP contribution in [0.15, 0.2) is 81.6 Å². The average molecular weight is 759 g/mol. The van der Waals surface area contributed by atoms with Gasteiger partial charge in [-0.1, -0.05) is 35.8 Å². The van der Waals surface area contributed by atoms with Crippen molar-refractivity contribution in [3.05, 3.63) is 126 Å². The van der Waals surface area contributed by atoms with Crippen LogP contribution >= 0.6 is 0 Å². The molecule has 0 atom stereocenters. The number of oxazole rings is 2. The van der Waals surface area contributed by atoms with E-state index in [0.29, 0.717) is 45.9 Å². The zero-order chi connectivity index (χ0) is 34.0. The van der Waals surface area contributed by atoms with Gasteiger partial charge in [-0.05, 0) is 73.5 Å². The predicted molar refractivity (Wildman–Crippen MR) is 159 cm³/mol. The molecule has 0 amide bonds. The van der Waals surface area contributed by atoms with Crippen LogP contribution < -0.4 is 10.2 Å². The quantitative estimate of drug-likeness (QED) is 0.100. The summed E-state index contributed by atoms with van der Waals surface area (Å²) in [5.74, 6) is -0.213. The molecule has 0 aliphatic carbocycles. The van der Waals surface area contributed by atoms with Crippen molar-refractivity contribution in [3.63, 3.8) is 0 Å². The van der Waals surface area contributed by atoms with E-state index >= 15 is 0 Å². The van der Waals surface area contributed by atoms with Crippen LogP contribution in [0, 0.1) is 44.5 Å². The first-order valence-electron chi connectivity index (χ1n) is 12.7. The van der Waals surface area contributed by atoms with Gasteiger partial charge in [-0.3, -0.25) is 9.59 Å². The summed E-state index contributed by atoms with van der Waals surface area (Å²) in [5.41, 5.74) is 5.12. The summed E-state index contributed by atoms with van der Waals surface area (Å²) in [4.78, 5) is 46.8. The third-order valence-corrected chi connectivity index (χ3v) is 5.83. The Morgan fingerprint density at radius 2 is 0.917 bits per heavy atom. The number of para-hydroxylation sites is 4. The third-order valence-electron chi connectivity index (χ3n) is 5.83. The molecule has 0 bridgehead atoms. The van der Waals surface area contributed by atoms with E-state index in [1.807, 2.05) is 50.2 Å². The normalized spacial score (nSPS) is 9.54. The number of aromatic nitrogens is 2. The Morgan fingerprint density at radius 3 is 1.21 bits per heavy atom. The van der Waals surface area contributed by atoms with Crippen LogP contribution in [0.4, 0.5) is 0 Å². The Bertz CT molecular complexity index is 1830. The summed E-state index contributed by atoms with van der Waals surface area (Å²) in [6.07, 6.45) is 1.11. The van der Waals surface area contributed by atoms with Crippen molar-refractivity contribution >= 4 is 34.8 Å². The van der Waals surface area contributed by atoms with E-state index < -0.39 is 10.2 Å². The molecule has 0 N–H and O–H groups in total. The Hall–Kier alpha value is -5.59. The van der Waals surface area contributed by atoms with Gasteiger partial charge in [-0.15, -0.1) is 0 Å². The number of aryl methyl sites for hydroxylation is 2. The molecular formula is C30H20N4O12Zn2. The largest absolute Gasteiger partial charge is 2.00 e. The zero-order valence-corrected chi connectivity index (χ0v) is 31.1. The van der Waals surface area contributed by atoms with Gasteiger partial charge in [0.2, 0.25) is 11.8 Å². The number of hydrogen-bond donors (Lipinski definition) is 0. The molecule has 0 fully saturated rings. The van der Waals surface area contributed by atoms with Crippen LogP contribution in [-0.4, -0.2) is 32.7 Å². The Labute approximate surface area is 295 Å². The van der Waals surface area contributed by atoms with E-state index in [0.717, 1.165) is 11.1 Å². The van der Waals surface area contributed by atoms with Crippen molar-refractivity contribution < 1.29 is 77.8 Å². The van der Waals surface area contributed by atoms with Crippen molar-refractivity contribution in [1.29, 1.82) is 0 Å². The molecule has 0 radical (unpaired) electrons. The molecule has 6 rings (SSSR count). The predicted octanol–water partition coefficient (Wildman–Crippen LogP) is 4.90. The number of aldehydes is 2. The van der Waals surface area contributed by atoms with Gasteiger partial charge in [0.25, 0.3) is 0 Å². The van der Waals surface area contributed by atoms with Gasteiger partial charge in [-0.2, -0.15) is 0 Å². The Kier molecular flexibility index (Phi) is 15.6. The maximum atomic E-state index is 12.1. The van der Waals surface area contributed by atoms with Crippen LogP contribution in [0.2, 0.25) is 0 Å². The Morgan fingerprint density at radius 1 is 0.604 bits per heavy atom. The van der Waals surface area contributed by atoms with E-state index in [4.69, 9.17) is 39.5 Å². The molecule has 4 aromatic carbocycles. The standard InChI is InChI=1S/2C15H11NO3.2NO3.2Zn/c2*1-9-6-10(8-17)14(18)11(7-9)15-16-12-4-2-3-5-13(12)19-15;2*2-1(3)4;;/h2*2-8,18H,1H3;;;;/q;;2*-1;2*+2/p-2. The fourth-order valence-electron chi connectivity index (χ4n) is 4.07. The van der Waals surface area contributed by atoms with Crippen LogP contribution in [-0.2, 0) is 39.0 Å². The molecule has 0 aliphatic rings. The molecule has 2 heterocycles. The molecule has 2 aromatic heterocycles. The second-order valence-electron chi connectivity index (χ2n) is 9.12. The van der Waals surface area contributed by atoms with Crippen LogP contribution in [0.1, 0.15) is 31.8 Å². The molecular weight excluding hydrogens is 739 g/mol. The van der Waals surface area contributed by atoms with Crippen LogP contribution in [0.3, 0.4) is 0 Å². The zero-order valence-electron chi connectivity index (χ0n) is 25.2. The first-order valence-corrected chi connectivity index (χ1v) is 12.7. The van der Waals surface area contributed by atoms with E-state index in [1.54, 1.807) is 36.4 Å². The van der Waals surface area contributed by atoms with Gasteiger partial charge < -0.3 is 49.7 Å². The average Bonchev–Trinajstić information content (AvgIpc) is 3.63. The van der Waals surface area contributed by atoms with Crippen LogP contribution in [0.25, 0.3) is 45.1 Å². The van der Waals surface area contributed by atoms with Gasteiger partial charge >= 0.3 is 39.0 Å². The molecule has 16 nitrogen and oxygen atoms in total. The number of hydrogen-bond acceptors (Lipinski definition) is 14. The number of rotatable bonds is 4. The third kappa shape index (κ3) is 10.7. The van der Waals surface area contributed by atoms with Gasteiger partial charge in [0.1, 0.15) is 23.6 Å². The second-order valence-corrected chi connectivity index (χ2v) is 9.12.